The summed E-state index contributed by atoms with van der Waals surface area (Å²) in [6.45, 7) is 2.04. The van der Waals surface area contributed by atoms with Crippen molar-refractivity contribution in [3.05, 3.63) is 70.8 Å². The van der Waals surface area contributed by atoms with Gasteiger partial charge >= 0.3 is 5.97 Å². The van der Waals surface area contributed by atoms with Crippen molar-refractivity contribution >= 4 is 12.2 Å². The molecule has 2 unspecified atom stereocenters. The summed E-state index contributed by atoms with van der Waals surface area (Å²) in [7, 11) is 0. The molecule has 2 atom stereocenters. The topological polar surface area (TPSA) is 49.7 Å². The highest BCUT2D eigenvalue weighted by molar-refractivity contribution is 5.96. The van der Waals surface area contributed by atoms with Gasteiger partial charge in [-0.2, -0.15) is 0 Å². The van der Waals surface area contributed by atoms with E-state index in [0.717, 1.165) is 16.7 Å². The summed E-state index contributed by atoms with van der Waals surface area (Å²) in [5.74, 6) is -1.50. The highest BCUT2D eigenvalue weighted by atomic mass is 16.4. The molecule has 1 aliphatic heterocycles. The molecule has 3 heteroatoms. The highest BCUT2D eigenvalue weighted by Crippen LogP contribution is 2.35. The molecule has 100 valence electrons. The van der Waals surface area contributed by atoms with Gasteiger partial charge in [-0.05, 0) is 23.6 Å². The molecule has 2 aromatic carbocycles. The van der Waals surface area contributed by atoms with Gasteiger partial charge in [-0.15, -0.1) is 0 Å². The largest absolute Gasteiger partial charge is 0.481 e. The molecule has 0 aromatic heterocycles. The number of fused-ring (bicyclic) bond motifs is 1. The Morgan fingerprint density at radius 3 is 2.35 bits per heavy atom. The van der Waals surface area contributed by atoms with Gasteiger partial charge in [0.2, 0.25) is 0 Å². The summed E-state index contributed by atoms with van der Waals surface area (Å²) in [6, 6.07) is 15.7. The Hall–Kier alpha value is -2.42. The monoisotopic (exact) mass is 265 g/mol. The average molecular weight is 265 g/mol. The van der Waals surface area contributed by atoms with Crippen LogP contribution >= 0.6 is 0 Å². The Bertz CT molecular complexity index is 674. The second-order valence-corrected chi connectivity index (χ2v) is 5.06. The van der Waals surface area contributed by atoms with Gasteiger partial charge in [-0.3, -0.25) is 9.79 Å². The number of benzene rings is 2. The number of carboxylic acids is 1. The van der Waals surface area contributed by atoms with Crippen LogP contribution in [0.2, 0.25) is 0 Å². The quantitative estimate of drug-likeness (QED) is 0.905. The third-order valence-electron chi connectivity index (χ3n) is 3.67. The first kappa shape index (κ1) is 12.6. The van der Waals surface area contributed by atoms with Crippen molar-refractivity contribution in [1.82, 2.24) is 0 Å². The fraction of sp³-hybridized carbons (Fsp3) is 0.176. The first-order valence-corrected chi connectivity index (χ1v) is 6.58. The third-order valence-corrected chi connectivity index (χ3v) is 3.67. The lowest BCUT2D eigenvalue weighted by atomic mass is 9.86. The van der Waals surface area contributed by atoms with E-state index in [4.69, 9.17) is 0 Å². The lowest BCUT2D eigenvalue weighted by Gasteiger charge is -2.24. The summed E-state index contributed by atoms with van der Waals surface area (Å²) in [5, 5.41) is 9.29. The average Bonchev–Trinajstić information content (AvgIpc) is 2.47. The molecule has 0 bridgehead atoms. The van der Waals surface area contributed by atoms with Crippen LogP contribution in [0.5, 0.6) is 0 Å². The SMILES string of the molecule is Cc1ccc(C2N=CC(C(=O)O)c3ccccc32)cc1. The van der Waals surface area contributed by atoms with E-state index < -0.39 is 11.9 Å². The molecular formula is C17H15NO2. The molecule has 3 nitrogen and oxygen atoms in total. The van der Waals surface area contributed by atoms with E-state index >= 15 is 0 Å². The van der Waals surface area contributed by atoms with Crippen LogP contribution in [-0.2, 0) is 4.79 Å². The Balaban J connectivity index is 2.09. The van der Waals surface area contributed by atoms with E-state index in [9.17, 15) is 9.90 Å². The van der Waals surface area contributed by atoms with Crippen LogP contribution in [0.3, 0.4) is 0 Å². The normalized spacial score (nSPS) is 20.4. The molecule has 0 amide bonds. The van der Waals surface area contributed by atoms with Gasteiger partial charge in [0.25, 0.3) is 0 Å². The van der Waals surface area contributed by atoms with Gasteiger partial charge in [0, 0.05) is 6.21 Å². The van der Waals surface area contributed by atoms with Crippen molar-refractivity contribution < 1.29 is 9.90 Å². The first-order chi connectivity index (χ1) is 9.66. The van der Waals surface area contributed by atoms with Crippen molar-refractivity contribution in [3.8, 4) is 0 Å². The number of carbonyl (C=O) groups is 1. The molecule has 0 saturated heterocycles. The van der Waals surface area contributed by atoms with Crippen molar-refractivity contribution in [2.45, 2.75) is 18.9 Å². The maximum atomic E-state index is 11.3. The zero-order valence-electron chi connectivity index (χ0n) is 11.2. The van der Waals surface area contributed by atoms with E-state index in [-0.39, 0.29) is 6.04 Å². The van der Waals surface area contributed by atoms with Crippen LogP contribution in [-0.4, -0.2) is 17.3 Å². The van der Waals surface area contributed by atoms with E-state index in [2.05, 4.69) is 29.3 Å². The van der Waals surface area contributed by atoms with Crippen molar-refractivity contribution in [2.75, 3.05) is 0 Å². The summed E-state index contributed by atoms with van der Waals surface area (Å²) in [5.41, 5.74) is 4.10. The molecule has 20 heavy (non-hydrogen) atoms. The van der Waals surface area contributed by atoms with Gasteiger partial charge in [-0.25, -0.2) is 0 Å². The molecule has 0 aliphatic carbocycles. The number of carboxylic acid groups (broad SMARTS) is 1. The van der Waals surface area contributed by atoms with Gasteiger partial charge < -0.3 is 5.11 Å². The molecule has 2 aromatic rings. The molecule has 3 rings (SSSR count). The number of hydrogen-bond acceptors (Lipinski definition) is 2. The first-order valence-electron chi connectivity index (χ1n) is 6.58. The standard InChI is InChI=1S/C17H15NO2/c1-11-6-8-12(9-7-11)16-14-5-3-2-4-13(14)15(10-18-16)17(19)20/h2-10,15-16H,1H3,(H,19,20). The lowest BCUT2D eigenvalue weighted by Crippen LogP contribution is -2.20. The van der Waals surface area contributed by atoms with Gasteiger partial charge in [0.1, 0.15) is 5.92 Å². The van der Waals surface area contributed by atoms with Crippen LogP contribution in [0.4, 0.5) is 0 Å². The zero-order valence-corrected chi connectivity index (χ0v) is 11.2. The van der Waals surface area contributed by atoms with E-state index in [1.54, 1.807) is 6.21 Å². The number of aryl methyl sites for hydroxylation is 1. The fourth-order valence-electron chi connectivity index (χ4n) is 2.59. The zero-order chi connectivity index (χ0) is 14.1. The van der Waals surface area contributed by atoms with Crippen LogP contribution in [0.1, 0.15) is 34.2 Å². The number of nitrogens with zero attached hydrogens (tertiary/aromatic N) is 1. The molecular weight excluding hydrogens is 250 g/mol. The highest BCUT2D eigenvalue weighted by Gasteiger charge is 2.28. The minimum absolute atomic E-state index is 0.109. The number of aliphatic carboxylic acids is 1. The molecule has 1 heterocycles. The number of hydrogen-bond donors (Lipinski definition) is 1. The molecule has 0 radical (unpaired) electrons. The van der Waals surface area contributed by atoms with E-state index in [0.29, 0.717) is 0 Å². The van der Waals surface area contributed by atoms with Gasteiger partial charge in [0.15, 0.2) is 0 Å². The Morgan fingerprint density at radius 1 is 1.05 bits per heavy atom. The van der Waals surface area contributed by atoms with Gasteiger partial charge in [-0.1, -0.05) is 54.1 Å². The second kappa shape index (κ2) is 4.93. The summed E-state index contributed by atoms with van der Waals surface area (Å²) in [4.78, 5) is 15.8. The maximum Gasteiger partial charge on any atom is 0.316 e. The van der Waals surface area contributed by atoms with Crippen molar-refractivity contribution in [3.63, 3.8) is 0 Å². The molecule has 1 aliphatic rings. The third kappa shape index (κ3) is 2.11. The van der Waals surface area contributed by atoms with Crippen LogP contribution in [0.25, 0.3) is 0 Å². The van der Waals surface area contributed by atoms with Crippen LogP contribution < -0.4 is 0 Å². The van der Waals surface area contributed by atoms with Crippen molar-refractivity contribution in [1.29, 1.82) is 0 Å². The predicted molar refractivity (Wildman–Crippen MR) is 78.3 cm³/mol. The number of rotatable bonds is 2. The molecule has 0 spiro atoms. The Labute approximate surface area is 117 Å². The smallest absolute Gasteiger partial charge is 0.316 e. The number of aliphatic imine (C=N–C) groups is 1. The minimum atomic E-state index is -0.858. The Kier molecular flexibility index (Phi) is 3.11. The molecule has 1 N–H and O–H groups in total. The molecule has 0 saturated carbocycles. The van der Waals surface area contributed by atoms with E-state index in [1.807, 2.05) is 31.2 Å². The summed E-state index contributed by atoms with van der Waals surface area (Å²) in [6.07, 6.45) is 1.55. The Morgan fingerprint density at radius 2 is 1.70 bits per heavy atom. The lowest BCUT2D eigenvalue weighted by molar-refractivity contribution is -0.137. The molecule has 0 fully saturated rings. The van der Waals surface area contributed by atoms with Gasteiger partial charge in [0.05, 0.1) is 6.04 Å². The van der Waals surface area contributed by atoms with E-state index in [1.165, 1.54) is 5.56 Å². The fourth-order valence-corrected chi connectivity index (χ4v) is 2.59. The summed E-state index contributed by atoms with van der Waals surface area (Å²) < 4.78 is 0. The van der Waals surface area contributed by atoms with Crippen molar-refractivity contribution in [2.24, 2.45) is 4.99 Å². The maximum absolute atomic E-state index is 11.3. The van der Waals surface area contributed by atoms with Crippen LogP contribution in [0.15, 0.2) is 53.5 Å². The second-order valence-electron chi connectivity index (χ2n) is 5.06. The summed E-state index contributed by atoms with van der Waals surface area (Å²) >= 11 is 0. The van der Waals surface area contributed by atoms with Crippen LogP contribution in [0, 0.1) is 6.92 Å². The predicted octanol–water partition coefficient (Wildman–Crippen LogP) is 3.34. The minimum Gasteiger partial charge on any atom is -0.481 e.